The second kappa shape index (κ2) is 9.61. The van der Waals surface area contributed by atoms with Gasteiger partial charge >= 0.3 is 0 Å². The van der Waals surface area contributed by atoms with Crippen LogP contribution in [0.5, 0.6) is 5.75 Å². The van der Waals surface area contributed by atoms with Crippen LogP contribution in [0.1, 0.15) is 15.4 Å². The average Bonchev–Trinajstić information content (AvgIpc) is 3.19. The Hall–Kier alpha value is -3.52. The topological polar surface area (TPSA) is 91.3 Å². The molecule has 0 fully saturated rings. The van der Waals surface area contributed by atoms with Crippen LogP contribution in [-0.2, 0) is 4.79 Å². The Bertz CT molecular complexity index is 1050. The minimum absolute atomic E-state index is 0.0675. The molecular weight excluding hydrogens is 393 g/mol. The van der Waals surface area contributed by atoms with Crippen molar-refractivity contribution in [3.05, 3.63) is 77.2 Å². The zero-order valence-electron chi connectivity index (χ0n) is 15.3. The van der Waals surface area contributed by atoms with E-state index in [0.717, 1.165) is 9.75 Å². The largest absolute Gasteiger partial charge is 0.505 e. The van der Waals surface area contributed by atoms with Gasteiger partial charge in [0.1, 0.15) is 11.6 Å². The molecule has 2 heterocycles. The summed E-state index contributed by atoms with van der Waals surface area (Å²) < 4.78 is 13.8. The standard InChI is InChI=1S/C21H18FN3O3S/c22-16-5-2-1-4-15(16)18-9-7-14(29-18)8-10-19(27)23-12-13-25-21(28)20-17(26)6-3-11-24-20/h1-11,26H,12-13H2,(H,23,27)(H,25,28)/b10-8+. The van der Waals surface area contributed by atoms with Gasteiger partial charge in [-0.25, -0.2) is 9.37 Å². The third-order valence-corrected chi connectivity index (χ3v) is 4.96. The molecule has 0 unspecified atom stereocenters. The fourth-order valence-corrected chi connectivity index (χ4v) is 3.42. The van der Waals surface area contributed by atoms with Gasteiger partial charge in [-0.05, 0) is 36.4 Å². The van der Waals surface area contributed by atoms with Crippen molar-refractivity contribution in [3.8, 4) is 16.2 Å². The number of pyridine rings is 1. The number of amides is 2. The Morgan fingerprint density at radius 3 is 2.66 bits per heavy atom. The van der Waals surface area contributed by atoms with E-state index in [1.54, 1.807) is 24.3 Å². The number of aromatic hydroxyl groups is 1. The van der Waals surface area contributed by atoms with E-state index in [4.69, 9.17) is 0 Å². The Morgan fingerprint density at radius 1 is 1.07 bits per heavy atom. The monoisotopic (exact) mass is 411 g/mol. The first-order chi connectivity index (χ1) is 14.0. The Kier molecular flexibility index (Phi) is 6.70. The van der Waals surface area contributed by atoms with Crippen LogP contribution in [-0.4, -0.2) is 35.0 Å². The molecule has 0 bridgehead atoms. The normalized spacial score (nSPS) is 10.8. The van der Waals surface area contributed by atoms with Crippen LogP contribution in [0.3, 0.4) is 0 Å². The second-order valence-corrected chi connectivity index (χ2v) is 7.05. The molecule has 1 aromatic carbocycles. The average molecular weight is 411 g/mol. The predicted molar refractivity (Wildman–Crippen MR) is 110 cm³/mol. The van der Waals surface area contributed by atoms with Crippen molar-refractivity contribution in [2.24, 2.45) is 0 Å². The maximum absolute atomic E-state index is 13.8. The van der Waals surface area contributed by atoms with Gasteiger partial charge in [0.2, 0.25) is 5.91 Å². The fourth-order valence-electron chi connectivity index (χ4n) is 2.48. The molecule has 3 rings (SSSR count). The molecule has 2 amide bonds. The summed E-state index contributed by atoms with van der Waals surface area (Å²) in [7, 11) is 0. The molecule has 29 heavy (non-hydrogen) atoms. The highest BCUT2D eigenvalue weighted by Crippen LogP contribution is 2.30. The molecule has 0 aliphatic carbocycles. The first-order valence-corrected chi connectivity index (χ1v) is 9.59. The number of thiophene rings is 1. The Morgan fingerprint density at radius 2 is 1.86 bits per heavy atom. The summed E-state index contributed by atoms with van der Waals surface area (Å²) in [5.74, 6) is -1.33. The minimum atomic E-state index is -0.521. The molecule has 3 N–H and O–H groups in total. The SMILES string of the molecule is O=C(/C=C/c1ccc(-c2ccccc2F)s1)NCCNC(=O)c1ncccc1O. The first kappa shape index (κ1) is 20.2. The summed E-state index contributed by atoms with van der Waals surface area (Å²) in [6.07, 6.45) is 4.43. The summed E-state index contributed by atoms with van der Waals surface area (Å²) >= 11 is 1.38. The highest BCUT2D eigenvalue weighted by Gasteiger charge is 2.11. The van der Waals surface area contributed by atoms with E-state index in [0.29, 0.717) is 5.56 Å². The highest BCUT2D eigenvalue weighted by atomic mass is 32.1. The first-order valence-electron chi connectivity index (χ1n) is 8.77. The number of carbonyl (C=O) groups is 2. The van der Waals surface area contributed by atoms with E-state index >= 15 is 0 Å². The maximum Gasteiger partial charge on any atom is 0.273 e. The van der Waals surface area contributed by atoms with Crippen LogP contribution in [0.4, 0.5) is 4.39 Å². The van der Waals surface area contributed by atoms with E-state index in [9.17, 15) is 19.1 Å². The van der Waals surface area contributed by atoms with Crippen molar-refractivity contribution in [1.82, 2.24) is 15.6 Å². The van der Waals surface area contributed by atoms with E-state index in [1.807, 2.05) is 12.1 Å². The number of hydrogen-bond donors (Lipinski definition) is 3. The minimum Gasteiger partial charge on any atom is -0.505 e. The summed E-state index contributed by atoms with van der Waals surface area (Å²) in [6, 6.07) is 13.0. The van der Waals surface area contributed by atoms with E-state index in [1.165, 1.54) is 41.8 Å². The van der Waals surface area contributed by atoms with Gasteiger partial charge < -0.3 is 15.7 Å². The van der Waals surface area contributed by atoms with Gasteiger partial charge in [-0.1, -0.05) is 18.2 Å². The molecule has 0 aliphatic rings. The third-order valence-electron chi connectivity index (χ3n) is 3.88. The lowest BCUT2D eigenvalue weighted by atomic mass is 10.2. The maximum atomic E-state index is 13.8. The van der Waals surface area contributed by atoms with Gasteiger partial charge in [-0.2, -0.15) is 0 Å². The molecule has 0 saturated heterocycles. The van der Waals surface area contributed by atoms with Gasteiger partial charge in [0.15, 0.2) is 5.69 Å². The molecule has 0 spiro atoms. The van der Waals surface area contributed by atoms with Crippen LogP contribution in [0.15, 0.2) is 60.8 Å². The lowest BCUT2D eigenvalue weighted by molar-refractivity contribution is -0.116. The summed E-state index contributed by atoms with van der Waals surface area (Å²) in [5.41, 5.74) is 0.457. The van der Waals surface area contributed by atoms with Crippen molar-refractivity contribution in [3.63, 3.8) is 0 Å². The number of aromatic nitrogens is 1. The molecule has 0 atom stereocenters. The number of benzene rings is 1. The Labute approximate surface area is 170 Å². The molecule has 8 heteroatoms. The lowest BCUT2D eigenvalue weighted by Crippen LogP contribution is -2.34. The van der Waals surface area contributed by atoms with E-state index < -0.39 is 5.91 Å². The summed E-state index contributed by atoms with van der Waals surface area (Å²) in [4.78, 5) is 29.2. The van der Waals surface area contributed by atoms with Crippen molar-refractivity contribution >= 4 is 29.2 Å². The zero-order valence-corrected chi connectivity index (χ0v) is 16.1. The third kappa shape index (κ3) is 5.49. The number of carbonyl (C=O) groups excluding carboxylic acids is 2. The van der Waals surface area contributed by atoms with Gasteiger partial charge in [0, 0.05) is 40.7 Å². The molecule has 0 aliphatic heterocycles. The molecular formula is C21H18FN3O3S. The second-order valence-electron chi connectivity index (χ2n) is 5.93. The molecule has 3 aromatic rings. The quantitative estimate of drug-likeness (QED) is 0.411. The van der Waals surface area contributed by atoms with Crippen LogP contribution < -0.4 is 10.6 Å². The van der Waals surface area contributed by atoms with Crippen LogP contribution in [0.2, 0.25) is 0 Å². The van der Waals surface area contributed by atoms with Crippen molar-refractivity contribution in [2.75, 3.05) is 13.1 Å². The van der Waals surface area contributed by atoms with Crippen molar-refractivity contribution in [2.45, 2.75) is 0 Å². The number of nitrogens with zero attached hydrogens (tertiary/aromatic N) is 1. The summed E-state index contributed by atoms with van der Waals surface area (Å²) in [6.45, 7) is 0.401. The predicted octanol–water partition coefficient (Wildman–Crippen LogP) is 3.21. The zero-order chi connectivity index (χ0) is 20.6. The molecule has 6 nitrogen and oxygen atoms in total. The van der Waals surface area contributed by atoms with Crippen LogP contribution in [0.25, 0.3) is 16.5 Å². The number of rotatable bonds is 7. The number of halogens is 1. The van der Waals surface area contributed by atoms with E-state index in [2.05, 4.69) is 15.6 Å². The summed E-state index contributed by atoms with van der Waals surface area (Å²) in [5, 5.41) is 14.8. The van der Waals surface area contributed by atoms with Gasteiger partial charge in [-0.3, -0.25) is 9.59 Å². The molecule has 2 aromatic heterocycles. The number of hydrogen-bond acceptors (Lipinski definition) is 5. The molecule has 148 valence electrons. The smallest absolute Gasteiger partial charge is 0.273 e. The molecule has 0 radical (unpaired) electrons. The highest BCUT2D eigenvalue weighted by molar-refractivity contribution is 7.16. The van der Waals surface area contributed by atoms with Gasteiger partial charge in [0.05, 0.1) is 0 Å². The van der Waals surface area contributed by atoms with Crippen LogP contribution in [0, 0.1) is 5.82 Å². The van der Waals surface area contributed by atoms with Crippen molar-refractivity contribution < 1.29 is 19.1 Å². The number of nitrogens with one attached hydrogen (secondary N) is 2. The van der Waals surface area contributed by atoms with Crippen LogP contribution >= 0.6 is 11.3 Å². The van der Waals surface area contributed by atoms with Gasteiger partial charge in [0.25, 0.3) is 5.91 Å². The van der Waals surface area contributed by atoms with Gasteiger partial charge in [-0.15, -0.1) is 11.3 Å². The van der Waals surface area contributed by atoms with Crippen molar-refractivity contribution in [1.29, 1.82) is 0 Å². The molecule has 0 saturated carbocycles. The van der Waals surface area contributed by atoms with E-state index in [-0.39, 0.29) is 36.3 Å². The fraction of sp³-hybridized carbons (Fsp3) is 0.0952. The Balaban J connectivity index is 1.45. The lowest BCUT2D eigenvalue weighted by Gasteiger charge is -2.06.